The summed E-state index contributed by atoms with van der Waals surface area (Å²) in [5.74, 6) is -1.23. The minimum atomic E-state index is -1.79. The quantitative estimate of drug-likeness (QED) is 0.245. The van der Waals surface area contributed by atoms with Gasteiger partial charge in [-0.15, -0.1) is 16.3 Å². The Morgan fingerprint density at radius 2 is 1.80 bits per heavy atom. The highest BCUT2D eigenvalue weighted by molar-refractivity contribution is 8.02. The molecular weight excluding hydrogens is 486 g/mol. The SMILES string of the molecule is CCCC(=O)NN(C(=O)C(SC(CC)CCC)(C(=O)C(C)(C)C)N1C=NCN1Cl)c1ccccc1. The fourth-order valence-corrected chi connectivity index (χ4v) is 5.90. The first-order chi connectivity index (χ1) is 16.5. The number of hydrazine groups is 2. The number of amides is 2. The third kappa shape index (κ3) is 6.77. The van der Waals surface area contributed by atoms with Gasteiger partial charge in [0, 0.05) is 28.9 Å². The monoisotopic (exact) mass is 523 g/mol. The number of anilines is 1. The average Bonchev–Trinajstić information content (AvgIpc) is 3.25. The highest BCUT2D eigenvalue weighted by Gasteiger charge is 2.59. The summed E-state index contributed by atoms with van der Waals surface area (Å²) in [6, 6.07) is 8.82. The van der Waals surface area contributed by atoms with Crippen LogP contribution < -0.4 is 10.4 Å². The number of Topliss-reactive ketones (excluding diaryl/α,β-unsaturated/α-hetero) is 1. The van der Waals surface area contributed by atoms with E-state index < -0.39 is 16.2 Å². The molecule has 0 fully saturated rings. The predicted octanol–water partition coefficient (Wildman–Crippen LogP) is 5.15. The van der Waals surface area contributed by atoms with Crippen molar-refractivity contribution in [3.63, 3.8) is 0 Å². The Labute approximate surface area is 218 Å². The van der Waals surface area contributed by atoms with Gasteiger partial charge in [-0.25, -0.2) is 10.0 Å². The van der Waals surface area contributed by atoms with Crippen LogP contribution in [0.25, 0.3) is 0 Å². The van der Waals surface area contributed by atoms with Crippen molar-refractivity contribution in [2.75, 3.05) is 11.7 Å². The Hall–Kier alpha value is -2.10. The van der Waals surface area contributed by atoms with Gasteiger partial charge in [-0.1, -0.05) is 66.2 Å². The van der Waals surface area contributed by atoms with Crippen molar-refractivity contribution in [1.82, 2.24) is 15.0 Å². The normalized spacial score (nSPS) is 16.6. The Morgan fingerprint density at radius 3 is 2.29 bits per heavy atom. The first-order valence-electron chi connectivity index (χ1n) is 12.2. The van der Waals surface area contributed by atoms with E-state index in [9.17, 15) is 14.4 Å². The maximum absolute atomic E-state index is 14.7. The second kappa shape index (κ2) is 12.7. The van der Waals surface area contributed by atoms with Gasteiger partial charge in [0.05, 0.1) is 5.69 Å². The molecule has 1 aromatic rings. The van der Waals surface area contributed by atoms with Gasteiger partial charge in [0.25, 0.3) is 5.91 Å². The zero-order valence-corrected chi connectivity index (χ0v) is 23.2. The number of nitrogens with one attached hydrogen (secondary N) is 1. The summed E-state index contributed by atoms with van der Waals surface area (Å²) < 4.78 is 1.25. The molecule has 0 bridgehead atoms. The lowest BCUT2D eigenvalue weighted by atomic mass is 9.85. The van der Waals surface area contributed by atoms with Crippen LogP contribution in [0.1, 0.15) is 73.6 Å². The standard InChI is InChI=1S/C25H38ClN5O3S/c1-7-13-20(9-3)35-25(22(33)24(4,5)6,29-17-27-18-30(29)26)23(34)31(28-21(32)14-8-2)19-15-11-10-12-16-19/h10-12,15-17,20H,7-9,13-14,18H2,1-6H3,(H,28,32). The number of hydrogen-bond donors (Lipinski definition) is 1. The van der Waals surface area contributed by atoms with Crippen molar-refractivity contribution in [2.45, 2.75) is 83.8 Å². The van der Waals surface area contributed by atoms with Crippen LogP contribution >= 0.6 is 23.5 Å². The predicted molar refractivity (Wildman–Crippen MR) is 144 cm³/mol. The average molecular weight is 524 g/mol. The van der Waals surface area contributed by atoms with E-state index in [1.165, 1.54) is 32.6 Å². The lowest BCUT2D eigenvalue weighted by Gasteiger charge is -2.45. The highest BCUT2D eigenvalue weighted by atomic mass is 35.5. The van der Waals surface area contributed by atoms with Gasteiger partial charge in [0.2, 0.25) is 10.8 Å². The summed E-state index contributed by atoms with van der Waals surface area (Å²) in [7, 11) is 0. The van der Waals surface area contributed by atoms with Gasteiger partial charge in [0.15, 0.2) is 5.78 Å². The molecule has 2 rings (SSSR count). The summed E-state index contributed by atoms with van der Waals surface area (Å²) >= 11 is 7.81. The lowest BCUT2D eigenvalue weighted by molar-refractivity contribution is -0.144. The number of hydrogen-bond acceptors (Lipinski definition) is 7. The number of benzene rings is 1. The Balaban J connectivity index is 2.77. The number of rotatable bonds is 11. The second-order valence-corrected chi connectivity index (χ2v) is 11.4. The number of thioether (sulfide) groups is 1. The molecule has 1 N–H and O–H groups in total. The molecule has 0 aromatic heterocycles. The van der Waals surface area contributed by atoms with Gasteiger partial charge in [-0.05, 0) is 31.4 Å². The van der Waals surface area contributed by atoms with Crippen LogP contribution in [0, 0.1) is 5.41 Å². The smallest absolute Gasteiger partial charge is 0.291 e. The van der Waals surface area contributed by atoms with Crippen molar-refractivity contribution >= 4 is 53.2 Å². The summed E-state index contributed by atoms with van der Waals surface area (Å²) in [5.41, 5.74) is 2.32. The first-order valence-corrected chi connectivity index (χ1v) is 13.4. The molecule has 2 unspecified atom stereocenters. The first kappa shape index (κ1) is 29.1. The summed E-state index contributed by atoms with van der Waals surface area (Å²) in [5, 5.41) is 2.62. The van der Waals surface area contributed by atoms with Crippen molar-refractivity contribution in [3.05, 3.63) is 30.3 Å². The van der Waals surface area contributed by atoms with Crippen LogP contribution in [0.5, 0.6) is 0 Å². The lowest BCUT2D eigenvalue weighted by Crippen LogP contribution is -2.68. The second-order valence-electron chi connectivity index (χ2n) is 9.54. The number of carbonyl (C=O) groups excluding carboxylic acids is 3. The maximum atomic E-state index is 14.7. The van der Waals surface area contributed by atoms with Crippen molar-refractivity contribution in [2.24, 2.45) is 10.4 Å². The Bertz CT molecular complexity index is 908. The topological polar surface area (TPSA) is 85.3 Å². The number of nitrogens with zero attached hydrogens (tertiary/aromatic N) is 4. The number of para-hydroxylation sites is 1. The van der Waals surface area contributed by atoms with E-state index in [-0.39, 0.29) is 30.0 Å². The molecule has 0 radical (unpaired) electrons. The molecule has 1 aromatic carbocycles. The van der Waals surface area contributed by atoms with Crippen molar-refractivity contribution in [1.29, 1.82) is 0 Å². The van der Waals surface area contributed by atoms with Gasteiger partial charge in [0.1, 0.15) is 13.0 Å². The molecule has 0 saturated carbocycles. The molecule has 2 atom stereocenters. The maximum Gasteiger partial charge on any atom is 0.291 e. The van der Waals surface area contributed by atoms with Gasteiger partial charge >= 0.3 is 0 Å². The van der Waals surface area contributed by atoms with E-state index in [1.54, 1.807) is 45.0 Å². The molecule has 0 aliphatic carbocycles. The fourth-order valence-electron chi connectivity index (χ4n) is 3.78. The van der Waals surface area contributed by atoms with Crippen molar-refractivity contribution < 1.29 is 14.4 Å². The number of aliphatic imine (C=N–C) groups is 1. The van der Waals surface area contributed by atoms with E-state index in [0.29, 0.717) is 12.1 Å². The fraction of sp³-hybridized carbons (Fsp3) is 0.600. The Kier molecular flexibility index (Phi) is 10.6. The Morgan fingerprint density at radius 1 is 1.14 bits per heavy atom. The van der Waals surface area contributed by atoms with Gasteiger partial charge in [-0.3, -0.25) is 24.8 Å². The zero-order valence-electron chi connectivity index (χ0n) is 21.6. The van der Waals surface area contributed by atoms with E-state index in [4.69, 9.17) is 11.8 Å². The number of halogens is 1. The van der Waals surface area contributed by atoms with Crippen LogP contribution in [0.3, 0.4) is 0 Å². The van der Waals surface area contributed by atoms with Gasteiger partial charge in [-0.2, -0.15) is 0 Å². The van der Waals surface area contributed by atoms with Gasteiger partial charge < -0.3 is 0 Å². The minimum Gasteiger partial charge on any atom is -0.295 e. The molecule has 1 heterocycles. The molecule has 10 heteroatoms. The third-order valence-electron chi connectivity index (χ3n) is 5.56. The summed E-state index contributed by atoms with van der Waals surface area (Å²) in [6.07, 6.45) is 4.77. The largest absolute Gasteiger partial charge is 0.295 e. The number of ketones is 1. The highest BCUT2D eigenvalue weighted by Crippen LogP contribution is 2.44. The molecule has 1 aliphatic heterocycles. The summed E-state index contributed by atoms with van der Waals surface area (Å²) in [6.45, 7) is 11.5. The van der Waals surface area contributed by atoms with E-state index in [0.717, 1.165) is 19.3 Å². The minimum absolute atomic E-state index is 0.00159. The van der Waals surface area contributed by atoms with Crippen LogP contribution in [0.4, 0.5) is 5.69 Å². The summed E-state index contributed by atoms with van der Waals surface area (Å²) in [4.78, 5) is 44.1. The van der Waals surface area contributed by atoms with Crippen LogP contribution in [-0.2, 0) is 14.4 Å². The van der Waals surface area contributed by atoms with E-state index >= 15 is 0 Å². The van der Waals surface area contributed by atoms with E-state index in [1.807, 2.05) is 19.9 Å². The molecule has 2 amide bonds. The molecule has 0 saturated heterocycles. The number of carbonyl (C=O) groups is 3. The molecule has 35 heavy (non-hydrogen) atoms. The zero-order chi connectivity index (χ0) is 26.2. The van der Waals surface area contributed by atoms with Crippen LogP contribution in [-0.4, -0.2) is 50.3 Å². The van der Waals surface area contributed by atoms with Crippen molar-refractivity contribution in [3.8, 4) is 0 Å². The molecule has 194 valence electrons. The van der Waals surface area contributed by atoms with Crippen LogP contribution in [0.2, 0.25) is 0 Å². The van der Waals surface area contributed by atoms with E-state index in [2.05, 4.69) is 17.3 Å². The van der Waals surface area contributed by atoms with Crippen LogP contribution in [0.15, 0.2) is 35.3 Å². The molecular formula is C25H38ClN5O3S. The molecule has 0 spiro atoms. The third-order valence-corrected chi connectivity index (χ3v) is 7.62. The molecule has 1 aliphatic rings. The molecule has 8 nitrogen and oxygen atoms in total.